The van der Waals surface area contributed by atoms with E-state index in [-0.39, 0.29) is 0 Å². The van der Waals surface area contributed by atoms with Crippen LogP contribution in [0, 0.1) is 34.5 Å². The van der Waals surface area contributed by atoms with Crippen molar-refractivity contribution in [3.8, 4) is 6.07 Å². The predicted molar refractivity (Wildman–Crippen MR) is 60.0 cm³/mol. The first-order valence-corrected chi connectivity index (χ1v) is 6.27. The van der Waals surface area contributed by atoms with Crippen LogP contribution in [0.4, 0.5) is 0 Å². The van der Waals surface area contributed by atoms with Gasteiger partial charge in [0.2, 0.25) is 0 Å². The van der Waals surface area contributed by atoms with Crippen LogP contribution in [0.25, 0.3) is 0 Å². The molecule has 4 fully saturated rings. The monoisotopic (exact) mass is 201 g/mol. The molecule has 0 amide bonds. The minimum Gasteiger partial charge on any atom is -0.193 e. The van der Waals surface area contributed by atoms with Crippen molar-refractivity contribution in [3.05, 3.63) is 12.2 Å². The molecule has 4 aliphatic rings. The van der Waals surface area contributed by atoms with Crippen molar-refractivity contribution in [3.63, 3.8) is 0 Å². The van der Waals surface area contributed by atoms with Crippen LogP contribution >= 0.6 is 0 Å². The number of allylic oxidation sites excluding steroid dienone is 1. The molecule has 15 heavy (non-hydrogen) atoms. The molecule has 0 aromatic carbocycles. The lowest BCUT2D eigenvalue weighted by molar-refractivity contribution is -0.0515. The summed E-state index contributed by atoms with van der Waals surface area (Å²) in [5.41, 5.74) is 1.32. The third-order valence-electron chi connectivity index (χ3n) is 4.91. The maximum atomic E-state index is 8.89. The molecule has 4 saturated carbocycles. The van der Waals surface area contributed by atoms with Crippen molar-refractivity contribution in [2.24, 2.45) is 23.2 Å². The number of rotatable bonds is 2. The highest BCUT2D eigenvalue weighted by Crippen LogP contribution is 2.61. The molecule has 4 rings (SSSR count). The van der Waals surface area contributed by atoms with Gasteiger partial charge in [0.1, 0.15) is 0 Å². The van der Waals surface area contributed by atoms with Gasteiger partial charge in [-0.1, -0.05) is 6.58 Å². The standard InChI is InChI=1S/C14H19N/c1-10(9-15)5-14-6-11-2-12(7-14)4-13(3-11)8-14/h11-13H,1-8H2. The van der Waals surface area contributed by atoms with Crippen LogP contribution in [0.15, 0.2) is 12.2 Å². The smallest absolute Gasteiger partial charge is 0.0941 e. The molecule has 0 aromatic rings. The highest BCUT2D eigenvalue weighted by molar-refractivity contribution is 5.19. The summed E-state index contributed by atoms with van der Waals surface area (Å²) < 4.78 is 0. The minimum absolute atomic E-state index is 0.502. The van der Waals surface area contributed by atoms with Crippen LogP contribution in [0.1, 0.15) is 44.9 Å². The summed E-state index contributed by atoms with van der Waals surface area (Å²) in [6.07, 6.45) is 9.61. The Balaban J connectivity index is 1.81. The van der Waals surface area contributed by atoms with Crippen molar-refractivity contribution in [1.82, 2.24) is 0 Å². The van der Waals surface area contributed by atoms with Crippen molar-refractivity contribution >= 4 is 0 Å². The highest BCUT2D eigenvalue weighted by Gasteiger charge is 2.50. The van der Waals surface area contributed by atoms with Gasteiger partial charge in [-0.3, -0.25) is 0 Å². The summed E-state index contributed by atoms with van der Waals surface area (Å²) in [5.74, 6) is 2.97. The summed E-state index contributed by atoms with van der Waals surface area (Å²) in [6, 6.07) is 2.25. The maximum absolute atomic E-state index is 8.89. The molecule has 4 aliphatic carbocycles. The van der Waals surface area contributed by atoms with Gasteiger partial charge in [0.05, 0.1) is 6.07 Å². The zero-order valence-electron chi connectivity index (χ0n) is 9.34. The van der Waals surface area contributed by atoms with E-state index in [4.69, 9.17) is 5.26 Å². The summed E-state index contributed by atoms with van der Waals surface area (Å²) in [4.78, 5) is 0. The summed E-state index contributed by atoms with van der Waals surface area (Å²) in [7, 11) is 0. The van der Waals surface area contributed by atoms with Crippen molar-refractivity contribution in [1.29, 1.82) is 5.26 Å². The Kier molecular flexibility index (Phi) is 1.96. The van der Waals surface area contributed by atoms with Crippen LogP contribution in [-0.2, 0) is 0 Å². The first-order valence-electron chi connectivity index (χ1n) is 6.27. The molecule has 1 nitrogen and oxygen atoms in total. The third-order valence-corrected chi connectivity index (χ3v) is 4.91. The molecule has 0 heterocycles. The fraction of sp³-hybridized carbons (Fsp3) is 0.786. The molecule has 0 unspecified atom stereocenters. The Bertz CT molecular complexity index is 298. The topological polar surface area (TPSA) is 23.8 Å². The fourth-order valence-electron chi connectivity index (χ4n) is 5.00. The summed E-state index contributed by atoms with van der Waals surface area (Å²) >= 11 is 0. The average molecular weight is 201 g/mol. The molecule has 0 N–H and O–H groups in total. The van der Waals surface area contributed by atoms with E-state index < -0.39 is 0 Å². The molecule has 4 bridgehead atoms. The molecule has 0 radical (unpaired) electrons. The summed E-state index contributed by atoms with van der Waals surface area (Å²) in [5, 5.41) is 8.89. The zero-order chi connectivity index (χ0) is 10.5. The fourth-order valence-corrected chi connectivity index (χ4v) is 5.00. The second-order valence-electron chi connectivity index (χ2n) is 6.31. The number of hydrogen-bond acceptors (Lipinski definition) is 1. The predicted octanol–water partition coefficient (Wildman–Crippen LogP) is 3.67. The molecule has 0 atom stereocenters. The lowest BCUT2D eigenvalue weighted by Gasteiger charge is -2.57. The van der Waals surface area contributed by atoms with E-state index in [1.54, 1.807) is 0 Å². The van der Waals surface area contributed by atoms with E-state index in [9.17, 15) is 0 Å². The minimum atomic E-state index is 0.502. The van der Waals surface area contributed by atoms with E-state index in [1.807, 2.05) is 0 Å². The van der Waals surface area contributed by atoms with Gasteiger partial charge in [-0.15, -0.1) is 0 Å². The van der Waals surface area contributed by atoms with Gasteiger partial charge in [0, 0.05) is 5.57 Å². The summed E-state index contributed by atoms with van der Waals surface area (Å²) in [6.45, 7) is 3.89. The molecule has 0 spiro atoms. The average Bonchev–Trinajstić information content (AvgIpc) is 2.14. The largest absolute Gasteiger partial charge is 0.193 e. The molecular weight excluding hydrogens is 182 g/mol. The first-order chi connectivity index (χ1) is 7.19. The number of nitrogens with zero attached hydrogens (tertiary/aromatic N) is 1. The Morgan fingerprint density at radius 1 is 1.13 bits per heavy atom. The van der Waals surface area contributed by atoms with Gasteiger partial charge >= 0.3 is 0 Å². The van der Waals surface area contributed by atoms with Crippen molar-refractivity contribution in [2.45, 2.75) is 44.9 Å². The Morgan fingerprint density at radius 2 is 1.60 bits per heavy atom. The van der Waals surface area contributed by atoms with E-state index in [1.165, 1.54) is 38.5 Å². The first kappa shape index (κ1) is 9.46. The van der Waals surface area contributed by atoms with Gasteiger partial charge in [-0.2, -0.15) is 5.26 Å². The maximum Gasteiger partial charge on any atom is 0.0941 e. The van der Waals surface area contributed by atoms with Crippen LogP contribution in [0.3, 0.4) is 0 Å². The molecule has 0 aromatic heterocycles. The van der Waals surface area contributed by atoms with Gasteiger partial charge in [-0.05, 0) is 68.1 Å². The Morgan fingerprint density at radius 3 is 2.00 bits per heavy atom. The highest BCUT2D eigenvalue weighted by atomic mass is 14.6. The third kappa shape index (κ3) is 1.51. The lowest BCUT2D eigenvalue weighted by Crippen LogP contribution is -2.46. The molecule has 1 heteroatoms. The van der Waals surface area contributed by atoms with Gasteiger partial charge < -0.3 is 0 Å². The van der Waals surface area contributed by atoms with Gasteiger partial charge in [0.15, 0.2) is 0 Å². The number of nitriles is 1. The number of hydrogen-bond donors (Lipinski definition) is 0. The van der Waals surface area contributed by atoms with Crippen molar-refractivity contribution in [2.75, 3.05) is 0 Å². The molecule has 80 valence electrons. The normalized spacial score (nSPS) is 46.5. The SMILES string of the molecule is C=C(C#N)CC12CC3CC(CC(C3)C1)C2. The van der Waals surface area contributed by atoms with E-state index >= 15 is 0 Å². The molecular formula is C14H19N. The second kappa shape index (κ2) is 3.11. The zero-order valence-corrected chi connectivity index (χ0v) is 9.34. The van der Waals surface area contributed by atoms with Crippen molar-refractivity contribution < 1.29 is 0 Å². The van der Waals surface area contributed by atoms with E-state index in [2.05, 4.69) is 12.6 Å². The van der Waals surface area contributed by atoms with Crippen LogP contribution in [-0.4, -0.2) is 0 Å². The van der Waals surface area contributed by atoms with Crippen LogP contribution < -0.4 is 0 Å². The van der Waals surface area contributed by atoms with E-state index in [0.717, 1.165) is 29.7 Å². The lowest BCUT2D eigenvalue weighted by atomic mass is 9.48. The Labute approximate surface area is 92.2 Å². The van der Waals surface area contributed by atoms with E-state index in [0.29, 0.717) is 5.41 Å². The van der Waals surface area contributed by atoms with Gasteiger partial charge in [0.25, 0.3) is 0 Å². The Hall–Kier alpha value is -0.770. The molecule has 0 saturated heterocycles. The quantitative estimate of drug-likeness (QED) is 0.625. The molecule has 0 aliphatic heterocycles. The van der Waals surface area contributed by atoms with Crippen LogP contribution in [0.2, 0.25) is 0 Å². The van der Waals surface area contributed by atoms with Crippen LogP contribution in [0.5, 0.6) is 0 Å². The second-order valence-corrected chi connectivity index (χ2v) is 6.31. The van der Waals surface area contributed by atoms with Gasteiger partial charge in [-0.25, -0.2) is 0 Å².